The van der Waals surface area contributed by atoms with E-state index in [1.54, 1.807) is 37.3 Å². The standard InChI is InChI=1S/C14H18F3NO2/c1-2-20-13(19)8-9-18-12(10-14(15,16)17)11-6-4-3-5-7-11/h3-7,12,18H,2,8-10H2,1H3. The summed E-state index contributed by atoms with van der Waals surface area (Å²) in [7, 11) is 0. The van der Waals surface area contributed by atoms with Crippen LogP contribution in [0.1, 0.15) is 31.4 Å². The predicted octanol–water partition coefficient (Wildman–Crippen LogP) is 3.22. The maximum absolute atomic E-state index is 12.6. The third kappa shape index (κ3) is 6.56. The highest BCUT2D eigenvalue weighted by Gasteiger charge is 2.32. The zero-order valence-corrected chi connectivity index (χ0v) is 11.2. The lowest BCUT2D eigenvalue weighted by atomic mass is 10.0. The SMILES string of the molecule is CCOC(=O)CCNC(CC(F)(F)F)c1ccccc1. The molecule has 0 heterocycles. The average molecular weight is 289 g/mol. The molecule has 0 fully saturated rings. The van der Waals surface area contributed by atoms with Crippen molar-refractivity contribution in [2.75, 3.05) is 13.2 Å². The summed E-state index contributed by atoms with van der Waals surface area (Å²) in [6, 6.07) is 7.52. The van der Waals surface area contributed by atoms with Crippen molar-refractivity contribution in [3.8, 4) is 0 Å². The number of esters is 1. The molecule has 1 unspecified atom stereocenters. The minimum atomic E-state index is -4.27. The summed E-state index contributed by atoms with van der Waals surface area (Å²) in [6.07, 6.45) is -5.19. The highest BCUT2D eigenvalue weighted by Crippen LogP contribution is 2.29. The van der Waals surface area contributed by atoms with Crippen LogP contribution in [-0.2, 0) is 9.53 Å². The maximum Gasteiger partial charge on any atom is 0.390 e. The molecule has 0 aromatic heterocycles. The fraction of sp³-hybridized carbons (Fsp3) is 0.500. The Hall–Kier alpha value is -1.56. The minimum absolute atomic E-state index is 0.0506. The number of carbonyl (C=O) groups is 1. The Morgan fingerprint density at radius 3 is 2.50 bits per heavy atom. The molecule has 1 N–H and O–H groups in total. The summed E-state index contributed by atoms with van der Waals surface area (Å²) < 4.78 is 42.4. The second-order valence-electron chi connectivity index (χ2n) is 4.29. The van der Waals surface area contributed by atoms with Gasteiger partial charge in [0.05, 0.1) is 19.4 Å². The van der Waals surface area contributed by atoms with Crippen LogP contribution < -0.4 is 5.32 Å². The lowest BCUT2D eigenvalue weighted by Crippen LogP contribution is -2.28. The highest BCUT2D eigenvalue weighted by molar-refractivity contribution is 5.69. The van der Waals surface area contributed by atoms with E-state index in [2.05, 4.69) is 5.32 Å². The van der Waals surface area contributed by atoms with E-state index < -0.39 is 24.6 Å². The Kier molecular flexibility index (Phi) is 6.51. The van der Waals surface area contributed by atoms with Gasteiger partial charge in [-0.05, 0) is 12.5 Å². The van der Waals surface area contributed by atoms with E-state index in [0.29, 0.717) is 5.56 Å². The summed E-state index contributed by atoms with van der Waals surface area (Å²) in [5.74, 6) is -0.418. The summed E-state index contributed by atoms with van der Waals surface area (Å²) in [6.45, 7) is 2.10. The fourth-order valence-electron chi connectivity index (χ4n) is 1.81. The smallest absolute Gasteiger partial charge is 0.390 e. The van der Waals surface area contributed by atoms with E-state index in [1.165, 1.54) is 0 Å². The zero-order chi connectivity index (χ0) is 15.0. The van der Waals surface area contributed by atoms with Crippen molar-refractivity contribution in [3.63, 3.8) is 0 Å². The van der Waals surface area contributed by atoms with Crippen molar-refractivity contribution in [2.24, 2.45) is 0 Å². The molecule has 3 nitrogen and oxygen atoms in total. The topological polar surface area (TPSA) is 38.3 Å². The second-order valence-corrected chi connectivity index (χ2v) is 4.29. The lowest BCUT2D eigenvalue weighted by molar-refractivity contribution is -0.143. The van der Waals surface area contributed by atoms with Crippen LogP contribution in [0.3, 0.4) is 0 Å². The van der Waals surface area contributed by atoms with Gasteiger partial charge in [0, 0.05) is 12.6 Å². The largest absolute Gasteiger partial charge is 0.466 e. The van der Waals surface area contributed by atoms with E-state index in [-0.39, 0.29) is 19.6 Å². The molecule has 1 aromatic rings. The average Bonchev–Trinajstić information content (AvgIpc) is 2.37. The highest BCUT2D eigenvalue weighted by atomic mass is 19.4. The van der Waals surface area contributed by atoms with Crippen molar-refractivity contribution in [1.82, 2.24) is 5.32 Å². The zero-order valence-electron chi connectivity index (χ0n) is 11.2. The van der Waals surface area contributed by atoms with E-state index in [0.717, 1.165) is 0 Å². The van der Waals surface area contributed by atoms with Crippen molar-refractivity contribution < 1.29 is 22.7 Å². The molecule has 0 spiro atoms. The number of benzene rings is 1. The minimum Gasteiger partial charge on any atom is -0.466 e. The van der Waals surface area contributed by atoms with Gasteiger partial charge in [-0.15, -0.1) is 0 Å². The number of alkyl halides is 3. The summed E-state index contributed by atoms with van der Waals surface area (Å²) in [5.41, 5.74) is 0.550. The normalized spacial score (nSPS) is 13.0. The lowest BCUT2D eigenvalue weighted by Gasteiger charge is -2.20. The first-order valence-electron chi connectivity index (χ1n) is 6.43. The molecule has 1 atom stereocenters. The molecule has 0 radical (unpaired) electrons. The van der Waals surface area contributed by atoms with Crippen LogP contribution in [-0.4, -0.2) is 25.3 Å². The van der Waals surface area contributed by atoms with Crippen LogP contribution >= 0.6 is 0 Å². The molecular weight excluding hydrogens is 271 g/mol. The summed E-state index contributed by atoms with van der Waals surface area (Å²) in [4.78, 5) is 11.2. The Balaban J connectivity index is 2.58. The molecule has 0 aliphatic heterocycles. The molecule has 0 aliphatic carbocycles. The number of nitrogens with one attached hydrogen (secondary N) is 1. The van der Waals surface area contributed by atoms with Gasteiger partial charge in [0.25, 0.3) is 0 Å². The van der Waals surface area contributed by atoms with Crippen LogP contribution in [0.2, 0.25) is 0 Å². The van der Waals surface area contributed by atoms with Gasteiger partial charge in [-0.2, -0.15) is 13.2 Å². The quantitative estimate of drug-likeness (QED) is 0.783. The van der Waals surface area contributed by atoms with E-state index in [4.69, 9.17) is 4.74 Å². The van der Waals surface area contributed by atoms with Gasteiger partial charge >= 0.3 is 12.1 Å². The first kappa shape index (κ1) is 16.5. The molecule has 1 aromatic carbocycles. The number of rotatable bonds is 7. The third-order valence-electron chi connectivity index (χ3n) is 2.66. The molecule has 112 valence electrons. The molecule has 6 heteroatoms. The molecule has 0 aliphatic rings. The first-order chi connectivity index (χ1) is 9.42. The van der Waals surface area contributed by atoms with Gasteiger partial charge in [-0.1, -0.05) is 30.3 Å². The maximum atomic E-state index is 12.6. The number of ether oxygens (including phenoxy) is 1. The van der Waals surface area contributed by atoms with E-state index >= 15 is 0 Å². The number of halogens is 3. The molecule has 0 amide bonds. The summed E-state index contributed by atoms with van der Waals surface area (Å²) in [5, 5.41) is 2.76. The second kappa shape index (κ2) is 7.89. The van der Waals surface area contributed by atoms with Gasteiger partial charge in [-0.3, -0.25) is 4.79 Å². The van der Waals surface area contributed by atoms with E-state index in [1.807, 2.05) is 0 Å². The van der Waals surface area contributed by atoms with Crippen molar-refractivity contribution in [3.05, 3.63) is 35.9 Å². The Morgan fingerprint density at radius 2 is 1.95 bits per heavy atom. The van der Waals surface area contributed by atoms with Gasteiger partial charge in [0.2, 0.25) is 0 Å². The van der Waals surface area contributed by atoms with Crippen LogP contribution in [0.25, 0.3) is 0 Å². The molecule has 0 bridgehead atoms. The molecule has 0 saturated heterocycles. The van der Waals surface area contributed by atoms with Gasteiger partial charge in [-0.25, -0.2) is 0 Å². The molecule has 20 heavy (non-hydrogen) atoms. The van der Waals surface area contributed by atoms with Crippen molar-refractivity contribution in [2.45, 2.75) is 32.0 Å². The molecule has 0 saturated carbocycles. The van der Waals surface area contributed by atoms with Crippen LogP contribution in [0.4, 0.5) is 13.2 Å². The Labute approximate surface area is 116 Å². The van der Waals surface area contributed by atoms with Gasteiger partial charge in [0.15, 0.2) is 0 Å². The first-order valence-corrected chi connectivity index (χ1v) is 6.43. The van der Waals surface area contributed by atoms with Crippen LogP contribution in [0.15, 0.2) is 30.3 Å². The fourth-order valence-corrected chi connectivity index (χ4v) is 1.81. The van der Waals surface area contributed by atoms with Crippen molar-refractivity contribution in [1.29, 1.82) is 0 Å². The Bertz CT molecular complexity index is 407. The van der Waals surface area contributed by atoms with Crippen LogP contribution in [0.5, 0.6) is 0 Å². The molecule has 1 rings (SSSR count). The summed E-state index contributed by atoms with van der Waals surface area (Å²) >= 11 is 0. The third-order valence-corrected chi connectivity index (χ3v) is 2.66. The monoisotopic (exact) mass is 289 g/mol. The Morgan fingerprint density at radius 1 is 1.30 bits per heavy atom. The molecular formula is C14H18F3NO2. The predicted molar refractivity (Wildman–Crippen MR) is 69.1 cm³/mol. The van der Waals surface area contributed by atoms with Gasteiger partial charge in [0.1, 0.15) is 0 Å². The van der Waals surface area contributed by atoms with E-state index in [9.17, 15) is 18.0 Å². The number of hydrogen-bond donors (Lipinski definition) is 1. The van der Waals surface area contributed by atoms with Crippen LogP contribution in [0, 0.1) is 0 Å². The number of hydrogen-bond acceptors (Lipinski definition) is 3. The number of carbonyl (C=O) groups excluding carboxylic acids is 1. The van der Waals surface area contributed by atoms with Gasteiger partial charge < -0.3 is 10.1 Å². The van der Waals surface area contributed by atoms with Crippen molar-refractivity contribution >= 4 is 5.97 Å².